The first kappa shape index (κ1) is 42.7. The maximum absolute atomic E-state index is 12.9. The Morgan fingerprint density at radius 1 is 0.750 bits per heavy atom. The lowest BCUT2D eigenvalue weighted by atomic mass is 10.1. The number of amides is 1. The molecule has 0 aliphatic carbocycles. The van der Waals surface area contributed by atoms with Gasteiger partial charge in [0, 0.05) is 5.56 Å². The highest BCUT2D eigenvalue weighted by Crippen LogP contribution is 2.33. The van der Waals surface area contributed by atoms with Crippen LogP contribution in [0.25, 0.3) is 0 Å². The summed E-state index contributed by atoms with van der Waals surface area (Å²) < 4.78 is 47.8. The van der Waals surface area contributed by atoms with E-state index in [1.54, 1.807) is 50.2 Å². The third kappa shape index (κ3) is 9.77. The fraction of sp³-hybridized carbons (Fsp3) is 0.410. The number of carbonyl (C=O) groups excluding carboxylic acids is 4. The van der Waals surface area contributed by atoms with Gasteiger partial charge in [-0.15, -0.1) is 0 Å². The van der Waals surface area contributed by atoms with Gasteiger partial charge in [0.25, 0.3) is 5.56 Å². The maximum Gasteiger partial charge on any atom is 0.347 e. The summed E-state index contributed by atoms with van der Waals surface area (Å²) in [7, 11) is 7.35. The van der Waals surface area contributed by atoms with E-state index in [4.69, 9.17) is 42.6 Å². The maximum atomic E-state index is 12.9. The molecule has 0 atom stereocenters. The fourth-order valence-electron chi connectivity index (χ4n) is 5.98. The second-order valence-electron chi connectivity index (χ2n) is 12.0. The van der Waals surface area contributed by atoms with Crippen LogP contribution in [0.3, 0.4) is 0 Å². The van der Waals surface area contributed by atoms with Gasteiger partial charge < -0.3 is 57.2 Å². The number of carbonyl (C=O) groups is 4. The lowest BCUT2D eigenvalue weighted by molar-refractivity contribution is -0.148. The van der Waals surface area contributed by atoms with Crippen molar-refractivity contribution < 1.29 is 66.9 Å². The number of fused-ring (bicyclic) bond motifs is 1. The molecule has 56 heavy (non-hydrogen) atoms. The topological polar surface area (TPSA) is 197 Å². The summed E-state index contributed by atoms with van der Waals surface area (Å²) in [5.74, 6) is -0.828. The van der Waals surface area contributed by atoms with Crippen molar-refractivity contribution in [2.24, 2.45) is 0 Å². The van der Waals surface area contributed by atoms with E-state index >= 15 is 0 Å². The standard InChI is InChI=1S/C20H25NO8.C19H21NO7/c1-5-29-19(23)9-18(22)21(15-12-28-11-14(15)20(24)27-4)10-13-6-7-16(25-2)17(8-13)26-3;1-4-27-19(23)16-17(21)12-9-26-10-13(12)20(18(16)22)8-11-5-6-14(24-2)15(7-11)25-3/h6-8H,5,9-12H2,1-4H3;5-7,21H,4,8-10H2,1-3H3. The van der Waals surface area contributed by atoms with Crippen molar-refractivity contribution in [1.29, 1.82) is 0 Å². The molecule has 2 aliphatic rings. The van der Waals surface area contributed by atoms with Crippen molar-refractivity contribution in [3.05, 3.63) is 86.0 Å². The molecule has 17 nitrogen and oxygen atoms in total. The summed E-state index contributed by atoms with van der Waals surface area (Å²) in [6.07, 6.45) is -0.459. The van der Waals surface area contributed by atoms with Crippen LogP contribution in [0, 0.1) is 0 Å². The summed E-state index contributed by atoms with van der Waals surface area (Å²) in [6, 6.07) is 10.5. The van der Waals surface area contributed by atoms with Gasteiger partial charge in [0.2, 0.25) is 5.91 Å². The minimum absolute atomic E-state index is 0.0249. The number of pyridine rings is 1. The summed E-state index contributed by atoms with van der Waals surface area (Å²) >= 11 is 0. The van der Waals surface area contributed by atoms with E-state index in [1.165, 1.54) is 45.0 Å². The fourth-order valence-corrected chi connectivity index (χ4v) is 5.98. The van der Waals surface area contributed by atoms with E-state index in [1.807, 2.05) is 0 Å². The molecular formula is C39H46N2O15. The van der Waals surface area contributed by atoms with Crippen LogP contribution in [-0.4, -0.2) is 100 Å². The Morgan fingerprint density at radius 3 is 1.93 bits per heavy atom. The average molecular weight is 783 g/mol. The third-order valence-corrected chi connectivity index (χ3v) is 8.69. The van der Waals surface area contributed by atoms with Crippen molar-refractivity contribution in [3.8, 4) is 28.7 Å². The number of methoxy groups -OCH3 is 5. The smallest absolute Gasteiger partial charge is 0.347 e. The second kappa shape index (κ2) is 20.0. The van der Waals surface area contributed by atoms with Gasteiger partial charge in [-0.25, -0.2) is 9.59 Å². The predicted molar refractivity (Wildman–Crippen MR) is 197 cm³/mol. The molecule has 0 spiro atoms. The first-order chi connectivity index (χ1) is 27.0. The van der Waals surface area contributed by atoms with E-state index in [9.17, 15) is 29.1 Å². The molecule has 0 saturated heterocycles. The second-order valence-corrected chi connectivity index (χ2v) is 12.0. The van der Waals surface area contributed by atoms with Gasteiger partial charge in [-0.05, 0) is 49.2 Å². The Bertz CT molecular complexity index is 2020. The number of aromatic nitrogens is 1. The molecule has 1 aromatic heterocycles. The third-order valence-electron chi connectivity index (χ3n) is 8.69. The van der Waals surface area contributed by atoms with Gasteiger partial charge in [0.15, 0.2) is 28.6 Å². The van der Waals surface area contributed by atoms with Crippen molar-refractivity contribution >= 4 is 23.8 Å². The molecule has 3 aromatic rings. The van der Waals surface area contributed by atoms with E-state index < -0.39 is 35.8 Å². The highest BCUT2D eigenvalue weighted by molar-refractivity contribution is 5.97. The largest absolute Gasteiger partial charge is 0.506 e. The highest BCUT2D eigenvalue weighted by Gasteiger charge is 2.32. The zero-order valence-corrected chi connectivity index (χ0v) is 32.4. The summed E-state index contributed by atoms with van der Waals surface area (Å²) in [4.78, 5) is 63.3. The van der Waals surface area contributed by atoms with Crippen LogP contribution < -0.4 is 24.5 Å². The van der Waals surface area contributed by atoms with Crippen LogP contribution >= 0.6 is 0 Å². The molecule has 3 heterocycles. The molecule has 302 valence electrons. The van der Waals surface area contributed by atoms with Crippen molar-refractivity contribution in [2.45, 2.75) is 46.6 Å². The number of rotatable bonds is 15. The van der Waals surface area contributed by atoms with E-state index in [0.717, 1.165) is 5.56 Å². The minimum Gasteiger partial charge on any atom is -0.506 e. The van der Waals surface area contributed by atoms with Crippen LogP contribution in [0.1, 0.15) is 53.0 Å². The highest BCUT2D eigenvalue weighted by atomic mass is 16.5. The Labute approximate surface area is 323 Å². The Hall–Kier alpha value is -6.07. The Morgan fingerprint density at radius 2 is 1.34 bits per heavy atom. The van der Waals surface area contributed by atoms with Crippen LogP contribution in [0.15, 0.2) is 52.5 Å². The van der Waals surface area contributed by atoms with E-state index in [-0.39, 0.29) is 69.6 Å². The molecule has 0 saturated carbocycles. The van der Waals surface area contributed by atoms with E-state index in [0.29, 0.717) is 45.5 Å². The van der Waals surface area contributed by atoms with Crippen LogP contribution in [0.2, 0.25) is 0 Å². The van der Waals surface area contributed by atoms with Crippen molar-refractivity contribution in [3.63, 3.8) is 0 Å². The molecule has 17 heteroatoms. The number of nitrogens with zero attached hydrogens (tertiary/aromatic N) is 2. The van der Waals surface area contributed by atoms with Crippen LogP contribution in [0.4, 0.5) is 0 Å². The predicted octanol–water partition coefficient (Wildman–Crippen LogP) is 3.27. The number of ether oxygens (including phenoxy) is 9. The molecule has 1 N–H and O–H groups in total. The van der Waals surface area contributed by atoms with E-state index in [2.05, 4.69) is 0 Å². The number of aromatic hydroxyl groups is 1. The lowest BCUT2D eigenvalue weighted by Crippen LogP contribution is -2.34. The molecule has 0 unspecified atom stereocenters. The number of esters is 3. The van der Waals surface area contributed by atoms with Gasteiger partial charge >= 0.3 is 17.9 Å². The molecule has 2 aliphatic heterocycles. The monoisotopic (exact) mass is 782 g/mol. The zero-order chi connectivity index (χ0) is 40.9. The molecule has 0 bridgehead atoms. The van der Waals surface area contributed by atoms with Crippen LogP contribution in [-0.2, 0) is 64.4 Å². The quantitative estimate of drug-likeness (QED) is 0.134. The normalized spacial score (nSPS) is 12.8. The molecule has 0 fully saturated rings. The van der Waals surface area contributed by atoms with Crippen LogP contribution in [0.5, 0.6) is 28.7 Å². The average Bonchev–Trinajstić information content (AvgIpc) is 3.90. The van der Waals surface area contributed by atoms with Gasteiger partial charge in [0.1, 0.15) is 12.2 Å². The molecule has 2 aromatic carbocycles. The number of benzene rings is 2. The SMILES string of the molecule is CCOC(=O)CC(=O)N(Cc1ccc(OC)c(OC)c1)C1=C(C(=O)OC)COC1.CCOC(=O)c1c(O)c2c(n(Cc3ccc(OC)c(OC)c3)c1=O)COC2. The first-order valence-electron chi connectivity index (χ1n) is 17.4. The van der Waals surface area contributed by atoms with Crippen molar-refractivity contribution in [1.82, 2.24) is 9.47 Å². The summed E-state index contributed by atoms with van der Waals surface area (Å²) in [5, 5.41) is 10.4. The van der Waals surface area contributed by atoms with Gasteiger partial charge in [-0.2, -0.15) is 0 Å². The molecule has 5 rings (SSSR count). The minimum atomic E-state index is -0.851. The van der Waals surface area contributed by atoms with Crippen molar-refractivity contribution in [2.75, 3.05) is 62.0 Å². The number of hydrogen-bond acceptors (Lipinski definition) is 15. The molecule has 0 radical (unpaired) electrons. The summed E-state index contributed by atoms with van der Waals surface area (Å²) in [5.41, 5.74) is 2.06. The molecular weight excluding hydrogens is 736 g/mol. The lowest BCUT2D eigenvalue weighted by Gasteiger charge is -2.24. The Kier molecular flexibility index (Phi) is 15.3. The zero-order valence-electron chi connectivity index (χ0n) is 32.4. The summed E-state index contributed by atoms with van der Waals surface area (Å²) in [6.45, 7) is 4.20. The van der Waals surface area contributed by atoms with Gasteiger partial charge in [-0.1, -0.05) is 12.1 Å². The number of hydrogen-bond donors (Lipinski definition) is 1. The van der Waals surface area contributed by atoms with Gasteiger partial charge in [0.05, 0.1) is 105 Å². The Balaban J connectivity index is 0.000000249. The first-order valence-corrected chi connectivity index (χ1v) is 17.4. The van der Waals surface area contributed by atoms with Gasteiger partial charge in [-0.3, -0.25) is 14.4 Å². The molecule has 1 amide bonds.